The summed E-state index contributed by atoms with van der Waals surface area (Å²) < 4.78 is 39.2. The number of halogens is 2. The number of methoxy groups -OCH3 is 2. The molecular formula is C27H30F2N6O4. The molecule has 0 radical (unpaired) electrons. The molecule has 0 bridgehead atoms. The van der Waals surface area contributed by atoms with Crippen LogP contribution in [0.1, 0.15) is 18.0 Å². The van der Waals surface area contributed by atoms with Crippen LogP contribution in [0.15, 0.2) is 55.4 Å². The van der Waals surface area contributed by atoms with Crippen molar-refractivity contribution in [1.82, 2.24) is 9.97 Å². The standard InChI is InChI=1S/C27H30F2N6O4/c1-5-27(36)33-20-13-21(24(38-4)14-23(20)34(2)9-11-37-3)32-25-15-26(31-16-30-25)35-22(8-10-39-35)18-12-17(28)6-7-19(18)29/h5-7,12-16,22H,1,8-11H2,2-4H3,(H,33,36)(H,30,31,32). The molecule has 12 heteroatoms. The van der Waals surface area contributed by atoms with Crippen molar-refractivity contribution in [2.45, 2.75) is 12.5 Å². The van der Waals surface area contributed by atoms with Gasteiger partial charge < -0.3 is 25.0 Å². The van der Waals surface area contributed by atoms with Gasteiger partial charge in [-0.25, -0.2) is 23.8 Å². The molecule has 3 aromatic rings. The van der Waals surface area contributed by atoms with Gasteiger partial charge in [-0.1, -0.05) is 6.58 Å². The molecule has 2 heterocycles. The molecule has 1 aromatic heterocycles. The molecule has 1 atom stereocenters. The van der Waals surface area contributed by atoms with Crippen LogP contribution >= 0.6 is 0 Å². The Kier molecular flexibility index (Phi) is 8.89. The molecule has 2 N–H and O–H groups in total. The molecular weight excluding hydrogens is 510 g/mol. The Morgan fingerprint density at radius 3 is 2.79 bits per heavy atom. The highest BCUT2D eigenvalue weighted by Gasteiger charge is 2.31. The molecule has 2 aromatic carbocycles. The van der Waals surface area contributed by atoms with Crippen molar-refractivity contribution in [1.29, 1.82) is 0 Å². The largest absolute Gasteiger partial charge is 0.494 e. The zero-order chi connectivity index (χ0) is 27.9. The fourth-order valence-corrected chi connectivity index (χ4v) is 4.21. The summed E-state index contributed by atoms with van der Waals surface area (Å²) in [6, 6.07) is 7.89. The Labute approximate surface area is 225 Å². The van der Waals surface area contributed by atoms with Crippen LogP contribution in [0, 0.1) is 11.6 Å². The molecule has 1 amide bonds. The quantitative estimate of drug-likeness (QED) is 0.338. The van der Waals surface area contributed by atoms with E-state index in [0.29, 0.717) is 60.6 Å². The van der Waals surface area contributed by atoms with E-state index in [1.165, 1.54) is 24.6 Å². The third-order valence-corrected chi connectivity index (χ3v) is 6.17. The number of nitrogens with one attached hydrogen (secondary N) is 2. The van der Waals surface area contributed by atoms with Crippen molar-refractivity contribution in [2.75, 3.05) is 61.6 Å². The Morgan fingerprint density at radius 2 is 2.05 bits per heavy atom. The summed E-state index contributed by atoms with van der Waals surface area (Å²) in [6.07, 6.45) is 2.96. The van der Waals surface area contributed by atoms with Gasteiger partial charge in [-0.3, -0.25) is 9.63 Å². The number of rotatable bonds is 11. The fourth-order valence-electron chi connectivity index (χ4n) is 4.21. The normalized spacial score (nSPS) is 14.7. The fraction of sp³-hybridized carbons (Fsp3) is 0.296. The van der Waals surface area contributed by atoms with Gasteiger partial charge in [0.15, 0.2) is 5.82 Å². The van der Waals surface area contributed by atoms with E-state index in [-0.39, 0.29) is 11.5 Å². The zero-order valence-corrected chi connectivity index (χ0v) is 21.9. The molecule has 0 aliphatic carbocycles. The number of likely N-dealkylation sites (N-methyl/N-ethyl adjacent to an activating group) is 1. The molecule has 206 valence electrons. The summed E-state index contributed by atoms with van der Waals surface area (Å²) in [5, 5.41) is 7.46. The number of hydrogen-bond donors (Lipinski definition) is 2. The third kappa shape index (κ3) is 6.41. The van der Waals surface area contributed by atoms with E-state index in [1.807, 2.05) is 11.9 Å². The van der Waals surface area contributed by atoms with Crippen LogP contribution in [0.5, 0.6) is 5.75 Å². The number of aromatic nitrogens is 2. The molecule has 1 aliphatic heterocycles. The molecule has 1 saturated heterocycles. The van der Waals surface area contributed by atoms with Crippen molar-refractivity contribution < 1.29 is 27.9 Å². The molecule has 1 aliphatic rings. The maximum absolute atomic E-state index is 14.5. The number of benzene rings is 2. The van der Waals surface area contributed by atoms with Crippen molar-refractivity contribution >= 4 is 34.6 Å². The molecule has 1 fully saturated rings. The van der Waals surface area contributed by atoms with Crippen LogP contribution in [0.25, 0.3) is 0 Å². The van der Waals surface area contributed by atoms with E-state index in [1.54, 1.807) is 25.3 Å². The van der Waals surface area contributed by atoms with Crippen LogP contribution in [-0.2, 0) is 14.4 Å². The van der Waals surface area contributed by atoms with Gasteiger partial charge in [0.05, 0.1) is 43.4 Å². The van der Waals surface area contributed by atoms with Crippen LogP contribution in [-0.4, -0.2) is 56.9 Å². The number of amides is 1. The van der Waals surface area contributed by atoms with Crippen molar-refractivity contribution in [2.24, 2.45) is 0 Å². The van der Waals surface area contributed by atoms with Gasteiger partial charge in [0, 0.05) is 44.8 Å². The Bertz CT molecular complexity index is 1340. The lowest BCUT2D eigenvalue weighted by atomic mass is 10.0. The minimum Gasteiger partial charge on any atom is -0.494 e. The first-order valence-corrected chi connectivity index (χ1v) is 12.2. The maximum atomic E-state index is 14.5. The Hall–Kier alpha value is -4.29. The van der Waals surface area contributed by atoms with Crippen molar-refractivity contribution in [3.05, 3.63) is 72.6 Å². The number of carbonyl (C=O) groups excluding carboxylic acids is 1. The van der Waals surface area contributed by atoms with Crippen LogP contribution < -0.4 is 25.3 Å². The number of anilines is 5. The molecule has 39 heavy (non-hydrogen) atoms. The highest BCUT2D eigenvalue weighted by atomic mass is 19.1. The minimum atomic E-state index is -0.569. The topological polar surface area (TPSA) is 101 Å². The van der Waals surface area contributed by atoms with Gasteiger partial charge in [-0.2, -0.15) is 0 Å². The number of hydroxylamine groups is 1. The average Bonchev–Trinajstić information content (AvgIpc) is 3.43. The number of hydrogen-bond acceptors (Lipinski definition) is 9. The summed E-state index contributed by atoms with van der Waals surface area (Å²) in [7, 11) is 5.01. The van der Waals surface area contributed by atoms with E-state index in [2.05, 4.69) is 27.2 Å². The number of ether oxygens (including phenoxy) is 2. The summed E-state index contributed by atoms with van der Waals surface area (Å²) in [4.78, 5) is 28.4. The summed E-state index contributed by atoms with van der Waals surface area (Å²) in [5.74, 6) is -0.214. The maximum Gasteiger partial charge on any atom is 0.247 e. The first kappa shape index (κ1) is 27.7. The first-order chi connectivity index (χ1) is 18.8. The molecule has 1 unspecified atom stereocenters. The zero-order valence-electron chi connectivity index (χ0n) is 21.9. The average molecular weight is 541 g/mol. The van der Waals surface area contributed by atoms with E-state index in [4.69, 9.17) is 14.3 Å². The van der Waals surface area contributed by atoms with Gasteiger partial charge in [0.1, 0.15) is 29.5 Å². The molecule has 4 rings (SSSR count). The lowest BCUT2D eigenvalue weighted by Crippen LogP contribution is -2.24. The van der Waals surface area contributed by atoms with Crippen LogP contribution in [0.2, 0.25) is 0 Å². The van der Waals surface area contributed by atoms with Gasteiger partial charge in [0.2, 0.25) is 5.91 Å². The van der Waals surface area contributed by atoms with Crippen LogP contribution in [0.3, 0.4) is 0 Å². The second-order valence-corrected chi connectivity index (χ2v) is 8.69. The lowest BCUT2D eigenvalue weighted by Gasteiger charge is -2.25. The summed E-state index contributed by atoms with van der Waals surface area (Å²) in [5.41, 5.74) is 1.91. The van der Waals surface area contributed by atoms with Gasteiger partial charge in [0.25, 0.3) is 0 Å². The van der Waals surface area contributed by atoms with Gasteiger partial charge in [-0.05, 0) is 30.3 Å². The first-order valence-electron chi connectivity index (χ1n) is 12.2. The van der Waals surface area contributed by atoms with Crippen molar-refractivity contribution in [3.63, 3.8) is 0 Å². The van der Waals surface area contributed by atoms with Gasteiger partial charge in [-0.15, -0.1) is 0 Å². The molecule has 0 spiro atoms. The van der Waals surface area contributed by atoms with E-state index >= 15 is 0 Å². The highest BCUT2D eigenvalue weighted by Crippen LogP contribution is 2.39. The minimum absolute atomic E-state index is 0.179. The SMILES string of the molecule is C=CC(=O)Nc1cc(Nc2cc(N3OCCC3c3cc(F)ccc3F)ncn2)c(OC)cc1N(C)CCOC. The van der Waals surface area contributed by atoms with E-state index in [0.717, 1.165) is 18.2 Å². The van der Waals surface area contributed by atoms with Crippen LogP contribution in [0.4, 0.5) is 37.5 Å². The third-order valence-electron chi connectivity index (χ3n) is 6.17. The number of carbonyl (C=O) groups is 1. The second kappa shape index (κ2) is 12.5. The second-order valence-electron chi connectivity index (χ2n) is 8.69. The predicted octanol–water partition coefficient (Wildman–Crippen LogP) is 4.60. The van der Waals surface area contributed by atoms with E-state index < -0.39 is 17.7 Å². The smallest absolute Gasteiger partial charge is 0.247 e. The van der Waals surface area contributed by atoms with Crippen molar-refractivity contribution in [3.8, 4) is 5.75 Å². The Morgan fingerprint density at radius 1 is 1.23 bits per heavy atom. The lowest BCUT2D eigenvalue weighted by molar-refractivity contribution is -0.111. The monoisotopic (exact) mass is 540 g/mol. The summed E-state index contributed by atoms with van der Waals surface area (Å²) >= 11 is 0. The Balaban J connectivity index is 1.65. The summed E-state index contributed by atoms with van der Waals surface area (Å²) in [6.45, 7) is 4.89. The highest BCUT2D eigenvalue weighted by molar-refractivity contribution is 6.02. The van der Waals surface area contributed by atoms with E-state index in [9.17, 15) is 13.6 Å². The molecule has 10 nitrogen and oxygen atoms in total. The molecule has 0 saturated carbocycles. The number of nitrogens with zero attached hydrogens (tertiary/aromatic N) is 4. The predicted molar refractivity (Wildman–Crippen MR) is 144 cm³/mol. The van der Waals surface area contributed by atoms with Gasteiger partial charge >= 0.3 is 0 Å².